The van der Waals surface area contributed by atoms with E-state index >= 15 is 0 Å². The molecule has 100 valence electrons. The van der Waals surface area contributed by atoms with Gasteiger partial charge < -0.3 is 10.4 Å². The van der Waals surface area contributed by atoms with Crippen LogP contribution in [0.4, 0.5) is 10.1 Å². The highest BCUT2D eigenvalue weighted by Crippen LogP contribution is 2.30. The normalized spacial score (nSPS) is 12.2. The van der Waals surface area contributed by atoms with Gasteiger partial charge in [-0.25, -0.2) is 4.39 Å². The molecule has 0 fully saturated rings. The number of rotatable bonds is 3. The van der Waals surface area contributed by atoms with E-state index in [1.54, 1.807) is 24.3 Å². The van der Waals surface area contributed by atoms with Crippen molar-refractivity contribution >= 4 is 28.9 Å². The summed E-state index contributed by atoms with van der Waals surface area (Å²) in [5.74, 6) is -0.311. The summed E-state index contributed by atoms with van der Waals surface area (Å²) in [4.78, 5) is 0. The highest BCUT2D eigenvalue weighted by molar-refractivity contribution is 6.35. The lowest BCUT2D eigenvalue weighted by molar-refractivity contribution is 0.475. The maximum Gasteiger partial charge on any atom is 0.142 e. The standard InChI is InChI=1S/C14H12Cl2FNO/c1-8(18-9-2-4-10(19)5-3-9)11-6-14(17)13(16)7-12(11)15/h2-8,18-19H,1H3. The van der Waals surface area contributed by atoms with Crippen molar-refractivity contribution in [1.82, 2.24) is 0 Å². The van der Waals surface area contributed by atoms with Gasteiger partial charge in [0, 0.05) is 10.7 Å². The summed E-state index contributed by atoms with van der Waals surface area (Å²) in [5.41, 5.74) is 1.42. The molecule has 1 unspecified atom stereocenters. The first-order chi connectivity index (χ1) is 8.97. The van der Waals surface area contributed by atoms with Crippen molar-refractivity contribution in [2.75, 3.05) is 5.32 Å². The van der Waals surface area contributed by atoms with E-state index in [1.807, 2.05) is 6.92 Å². The van der Waals surface area contributed by atoms with Crippen LogP contribution >= 0.6 is 23.2 Å². The number of anilines is 1. The molecule has 5 heteroatoms. The zero-order chi connectivity index (χ0) is 14.0. The van der Waals surface area contributed by atoms with Crippen LogP contribution < -0.4 is 5.32 Å². The molecule has 0 amide bonds. The molecule has 1 atom stereocenters. The molecule has 2 N–H and O–H groups in total. The second-order valence-corrected chi connectivity index (χ2v) is 5.02. The fourth-order valence-electron chi connectivity index (χ4n) is 1.76. The summed E-state index contributed by atoms with van der Waals surface area (Å²) in [7, 11) is 0. The van der Waals surface area contributed by atoms with Crippen LogP contribution in [0.25, 0.3) is 0 Å². The maximum absolute atomic E-state index is 13.5. The SMILES string of the molecule is CC(Nc1ccc(O)cc1)c1cc(F)c(Cl)cc1Cl. The van der Waals surface area contributed by atoms with E-state index in [2.05, 4.69) is 5.32 Å². The van der Waals surface area contributed by atoms with Crippen molar-refractivity contribution in [2.45, 2.75) is 13.0 Å². The first-order valence-corrected chi connectivity index (χ1v) is 6.43. The fraction of sp³-hybridized carbons (Fsp3) is 0.143. The highest BCUT2D eigenvalue weighted by atomic mass is 35.5. The van der Waals surface area contributed by atoms with Gasteiger partial charge in [-0.2, -0.15) is 0 Å². The van der Waals surface area contributed by atoms with Crippen LogP contribution in [0.2, 0.25) is 10.0 Å². The van der Waals surface area contributed by atoms with E-state index in [1.165, 1.54) is 12.1 Å². The molecule has 0 aliphatic carbocycles. The van der Waals surface area contributed by atoms with Crippen LogP contribution in [0.5, 0.6) is 5.75 Å². The zero-order valence-electron chi connectivity index (χ0n) is 10.1. The molecule has 0 spiro atoms. The molecule has 0 radical (unpaired) electrons. The molecule has 2 nitrogen and oxygen atoms in total. The van der Waals surface area contributed by atoms with Crippen molar-refractivity contribution in [3.05, 3.63) is 57.8 Å². The largest absolute Gasteiger partial charge is 0.508 e. The molecule has 2 rings (SSSR count). The molecule has 0 aliphatic rings. The van der Waals surface area contributed by atoms with Crippen LogP contribution in [0.15, 0.2) is 36.4 Å². The topological polar surface area (TPSA) is 32.3 Å². The summed E-state index contributed by atoms with van der Waals surface area (Å²) in [6.45, 7) is 1.86. The summed E-state index contributed by atoms with van der Waals surface area (Å²) in [6.07, 6.45) is 0. The third kappa shape index (κ3) is 3.31. The predicted molar refractivity (Wildman–Crippen MR) is 76.6 cm³/mol. The number of phenolic OH excluding ortho intramolecular Hbond substituents is 1. The number of benzene rings is 2. The van der Waals surface area contributed by atoms with Gasteiger partial charge >= 0.3 is 0 Å². The summed E-state index contributed by atoms with van der Waals surface area (Å²) in [5, 5.41) is 12.8. The van der Waals surface area contributed by atoms with Crippen LogP contribution in [0.3, 0.4) is 0 Å². The van der Waals surface area contributed by atoms with Crippen LogP contribution in [0, 0.1) is 5.82 Å². The Balaban J connectivity index is 2.22. The van der Waals surface area contributed by atoms with Gasteiger partial charge in [0.05, 0.1) is 11.1 Å². The smallest absolute Gasteiger partial charge is 0.142 e. The van der Waals surface area contributed by atoms with Crippen LogP contribution in [0.1, 0.15) is 18.5 Å². The average molecular weight is 300 g/mol. The molecular weight excluding hydrogens is 288 g/mol. The molecule has 0 aromatic heterocycles. The number of halogens is 3. The third-order valence-electron chi connectivity index (χ3n) is 2.76. The van der Waals surface area contributed by atoms with Gasteiger partial charge in [-0.05, 0) is 48.9 Å². The minimum absolute atomic E-state index is 0.00517. The van der Waals surface area contributed by atoms with Crippen LogP contribution in [-0.2, 0) is 0 Å². The number of nitrogens with one attached hydrogen (secondary N) is 1. The molecular formula is C14H12Cl2FNO. The second kappa shape index (κ2) is 5.68. The Morgan fingerprint density at radius 1 is 1.11 bits per heavy atom. The molecule has 2 aromatic rings. The van der Waals surface area contributed by atoms with Gasteiger partial charge in [-0.15, -0.1) is 0 Å². The minimum Gasteiger partial charge on any atom is -0.508 e. The number of hydrogen-bond acceptors (Lipinski definition) is 2. The van der Waals surface area contributed by atoms with E-state index in [4.69, 9.17) is 23.2 Å². The number of aromatic hydroxyl groups is 1. The monoisotopic (exact) mass is 299 g/mol. The first kappa shape index (κ1) is 14.0. The van der Waals surface area contributed by atoms with Crippen molar-refractivity contribution in [1.29, 1.82) is 0 Å². The van der Waals surface area contributed by atoms with Crippen LogP contribution in [-0.4, -0.2) is 5.11 Å². The van der Waals surface area contributed by atoms with Gasteiger partial charge in [0.25, 0.3) is 0 Å². The van der Waals surface area contributed by atoms with Gasteiger partial charge in [0.15, 0.2) is 0 Å². The molecule has 19 heavy (non-hydrogen) atoms. The Labute approximate surface area is 120 Å². The van der Waals surface area contributed by atoms with E-state index in [-0.39, 0.29) is 16.8 Å². The highest BCUT2D eigenvalue weighted by Gasteiger charge is 2.13. The molecule has 2 aromatic carbocycles. The number of hydrogen-bond donors (Lipinski definition) is 2. The van der Waals surface area contributed by atoms with E-state index in [9.17, 15) is 9.50 Å². The lowest BCUT2D eigenvalue weighted by atomic mass is 10.1. The van der Waals surface area contributed by atoms with Gasteiger partial charge in [-0.1, -0.05) is 23.2 Å². The lowest BCUT2D eigenvalue weighted by Crippen LogP contribution is -2.07. The molecule has 0 saturated carbocycles. The Hall–Kier alpha value is -1.45. The Morgan fingerprint density at radius 2 is 1.74 bits per heavy atom. The molecule has 0 bridgehead atoms. The summed E-state index contributed by atoms with van der Waals surface area (Å²) < 4.78 is 13.5. The van der Waals surface area contributed by atoms with Gasteiger partial charge in [-0.3, -0.25) is 0 Å². The number of phenols is 1. The fourth-order valence-corrected chi connectivity index (χ4v) is 2.30. The molecule has 0 saturated heterocycles. The summed E-state index contributed by atoms with van der Waals surface area (Å²) in [6, 6.07) is 9.12. The first-order valence-electron chi connectivity index (χ1n) is 5.67. The Bertz CT molecular complexity index is 587. The average Bonchev–Trinajstić information content (AvgIpc) is 2.36. The van der Waals surface area contributed by atoms with Crippen molar-refractivity contribution in [2.24, 2.45) is 0 Å². The maximum atomic E-state index is 13.5. The Kier molecular flexibility index (Phi) is 4.17. The van der Waals surface area contributed by atoms with E-state index in [0.29, 0.717) is 10.6 Å². The lowest BCUT2D eigenvalue weighted by Gasteiger charge is -2.17. The van der Waals surface area contributed by atoms with E-state index in [0.717, 1.165) is 5.69 Å². The second-order valence-electron chi connectivity index (χ2n) is 4.20. The Morgan fingerprint density at radius 3 is 2.37 bits per heavy atom. The quantitative estimate of drug-likeness (QED) is 0.617. The summed E-state index contributed by atoms with van der Waals surface area (Å²) >= 11 is 11.7. The molecule has 0 aliphatic heterocycles. The predicted octanol–water partition coefficient (Wildman–Crippen LogP) is 5.01. The van der Waals surface area contributed by atoms with E-state index < -0.39 is 5.82 Å². The zero-order valence-corrected chi connectivity index (χ0v) is 11.6. The third-order valence-corrected chi connectivity index (χ3v) is 3.37. The van der Waals surface area contributed by atoms with Gasteiger partial charge in [0.2, 0.25) is 0 Å². The molecule has 0 heterocycles. The minimum atomic E-state index is -0.500. The van der Waals surface area contributed by atoms with Gasteiger partial charge in [0.1, 0.15) is 11.6 Å². The van der Waals surface area contributed by atoms with Crippen molar-refractivity contribution in [3.8, 4) is 5.75 Å². The van der Waals surface area contributed by atoms with Crippen molar-refractivity contribution < 1.29 is 9.50 Å². The van der Waals surface area contributed by atoms with Crippen molar-refractivity contribution in [3.63, 3.8) is 0 Å².